The summed E-state index contributed by atoms with van der Waals surface area (Å²) in [6.45, 7) is 2.00. The molecule has 0 aliphatic carbocycles. The maximum absolute atomic E-state index is 10.9. The highest BCUT2D eigenvalue weighted by Gasteiger charge is 2.17. The van der Waals surface area contributed by atoms with Gasteiger partial charge in [0, 0.05) is 18.3 Å². The molecule has 0 radical (unpaired) electrons. The number of halogens is 1. The molecule has 1 heterocycles. The number of pyridine rings is 1. The molecular formula is C15H16ClN3O2. The number of carboxylic acids is 1. The van der Waals surface area contributed by atoms with Crippen LogP contribution in [0.25, 0.3) is 0 Å². The van der Waals surface area contributed by atoms with Gasteiger partial charge in [0.05, 0.1) is 17.3 Å². The summed E-state index contributed by atoms with van der Waals surface area (Å²) < 4.78 is 0. The van der Waals surface area contributed by atoms with E-state index in [4.69, 9.17) is 22.4 Å². The summed E-state index contributed by atoms with van der Waals surface area (Å²) >= 11 is 6.00. The number of nitrogen functional groups attached to an aromatic ring is 1. The molecule has 1 unspecified atom stereocenters. The molecule has 0 aliphatic heterocycles. The smallest absolute Gasteiger partial charge is 0.337 e. The van der Waals surface area contributed by atoms with Gasteiger partial charge >= 0.3 is 5.97 Å². The van der Waals surface area contributed by atoms with Gasteiger partial charge in [-0.1, -0.05) is 23.7 Å². The van der Waals surface area contributed by atoms with Crippen LogP contribution >= 0.6 is 11.6 Å². The van der Waals surface area contributed by atoms with E-state index >= 15 is 0 Å². The summed E-state index contributed by atoms with van der Waals surface area (Å²) in [6.07, 6.45) is 1.30. The van der Waals surface area contributed by atoms with E-state index in [-0.39, 0.29) is 11.6 Å². The topological polar surface area (TPSA) is 79.5 Å². The minimum atomic E-state index is -1.05. The predicted molar refractivity (Wildman–Crippen MR) is 83.9 cm³/mol. The van der Waals surface area contributed by atoms with Gasteiger partial charge in [-0.3, -0.25) is 0 Å². The van der Waals surface area contributed by atoms with Gasteiger partial charge in [0.25, 0.3) is 0 Å². The Kier molecular flexibility index (Phi) is 4.33. The van der Waals surface area contributed by atoms with Crippen molar-refractivity contribution in [3.63, 3.8) is 0 Å². The lowest BCUT2D eigenvalue weighted by Gasteiger charge is -2.27. The number of hydrogen-bond acceptors (Lipinski definition) is 4. The maximum Gasteiger partial charge on any atom is 0.337 e. The number of hydrogen-bond donors (Lipinski definition) is 2. The van der Waals surface area contributed by atoms with Gasteiger partial charge in [-0.15, -0.1) is 0 Å². The Bertz CT molecular complexity index is 676. The zero-order valence-electron chi connectivity index (χ0n) is 11.7. The molecule has 0 bridgehead atoms. The van der Waals surface area contributed by atoms with E-state index in [0.717, 1.165) is 5.56 Å². The van der Waals surface area contributed by atoms with Crippen molar-refractivity contribution < 1.29 is 9.90 Å². The quantitative estimate of drug-likeness (QED) is 0.906. The zero-order chi connectivity index (χ0) is 15.6. The van der Waals surface area contributed by atoms with Crippen molar-refractivity contribution in [3.8, 4) is 0 Å². The standard InChI is InChI=1S/C15H16ClN3O2/c1-9(10-4-3-5-12(16)6-10)19(2)14-13(17)7-11(8-18-14)15(20)21/h3-9H,17H2,1-2H3,(H,20,21). The van der Waals surface area contributed by atoms with Crippen LogP contribution in [-0.2, 0) is 0 Å². The van der Waals surface area contributed by atoms with Crippen LogP contribution in [0.3, 0.4) is 0 Å². The Labute approximate surface area is 128 Å². The Morgan fingerprint density at radius 3 is 2.71 bits per heavy atom. The average molecular weight is 306 g/mol. The van der Waals surface area contributed by atoms with Crippen LogP contribution in [0.1, 0.15) is 28.9 Å². The summed E-state index contributed by atoms with van der Waals surface area (Å²) in [4.78, 5) is 16.9. The molecule has 0 amide bonds. The number of nitrogens with zero attached hydrogens (tertiary/aromatic N) is 2. The molecule has 0 aliphatic rings. The van der Waals surface area contributed by atoms with Crippen molar-refractivity contribution in [3.05, 3.63) is 52.7 Å². The fourth-order valence-electron chi connectivity index (χ4n) is 2.06. The van der Waals surface area contributed by atoms with Gasteiger partial charge < -0.3 is 15.7 Å². The number of rotatable bonds is 4. The van der Waals surface area contributed by atoms with E-state index in [2.05, 4.69) is 4.98 Å². The Balaban J connectivity index is 2.31. The minimum Gasteiger partial charge on any atom is -0.478 e. The number of benzene rings is 1. The normalized spacial score (nSPS) is 12.0. The summed E-state index contributed by atoms with van der Waals surface area (Å²) in [7, 11) is 1.85. The molecule has 2 rings (SSSR count). The van der Waals surface area contributed by atoms with E-state index in [1.807, 2.05) is 43.1 Å². The van der Waals surface area contributed by atoms with Gasteiger partial charge in [0.1, 0.15) is 0 Å². The van der Waals surface area contributed by atoms with Gasteiger partial charge in [-0.25, -0.2) is 9.78 Å². The van der Waals surface area contributed by atoms with Crippen LogP contribution in [0.4, 0.5) is 11.5 Å². The van der Waals surface area contributed by atoms with Crippen molar-refractivity contribution in [2.75, 3.05) is 17.7 Å². The van der Waals surface area contributed by atoms with Crippen molar-refractivity contribution in [1.29, 1.82) is 0 Å². The van der Waals surface area contributed by atoms with Crippen LogP contribution in [0, 0.1) is 0 Å². The van der Waals surface area contributed by atoms with Crippen LogP contribution in [0.2, 0.25) is 5.02 Å². The second-order valence-corrected chi connectivity index (χ2v) is 5.22. The monoisotopic (exact) mass is 305 g/mol. The number of aromatic nitrogens is 1. The van der Waals surface area contributed by atoms with Gasteiger partial charge in [0.2, 0.25) is 0 Å². The second-order valence-electron chi connectivity index (χ2n) is 4.78. The summed E-state index contributed by atoms with van der Waals surface area (Å²) in [5.74, 6) is -0.515. The molecule has 0 fully saturated rings. The zero-order valence-corrected chi connectivity index (χ0v) is 12.5. The van der Waals surface area contributed by atoms with Crippen molar-refractivity contribution >= 4 is 29.1 Å². The summed E-state index contributed by atoms with van der Waals surface area (Å²) in [5.41, 5.74) is 7.33. The molecule has 0 saturated carbocycles. The fourth-order valence-corrected chi connectivity index (χ4v) is 2.26. The van der Waals surface area contributed by atoms with Gasteiger partial charge in [-0.05, 0) is 30.7 Å². The molecule has 3 N–H and O–H groups in total. The lowest BCUT2D eigenvalue weighted by molar-refractivity contribution is 0.0696. The van der Waals surface area contributed by atoms with E-state index in [1.165, 1.54) is 12.3 Å². The number of nitrogens with two attached hydrogens (primary N) is 1. The summed E-state index contributed by atoms with van der Waals surface area (Å²) in [6, 6.07) is 8.94. The average Bonchev–Trinajstić information content (AvgIpc) is 2.45. The molecule has 2 aromatic rings. The van der Waals surface area contributed by atoms with Crippen LogP contribution in [-0.4, -0.2) is 23.1 Å². The molecule has 21 heavy (non-hydrogen) atoms. The minimum absolute atomic E-state index is 0.00539. The van der Waals surface area contributed by atoms with E-state index < -0.39 is 5.97 Å². The maximum atomic E-state index is 10.9. The Hall–Kier alpha value is -2.27. The molecule has 1 atom stereocenters. The third-order valence-corrected chi connectivity index (χ3v) is 3.62. The first-order chi connectivity index (χ1) is 9.90. The van der Waals surface area contributed by atoms with Gasteiger partial charge in [0.15, 0.2) is 5.82 Å². The molecule has 5 nitrogen and oxygen atoms in total. The van der Waals surface area contributed by atoms with Crippen molar-refractivity contribution in [1.82, 2.24) is 4.98 Å². The van der Waals surface area contributed by atoms with Crippen LogP contribution in [0.15, 0.2) is 36.5 Å². The van der Waals surface area contributed by atoms with E-state index in [0.29, 0.717) is 16.5 Å². The number of aromatic carboxylic acids is 1. The third kappa shape index (κ3) is 3.25. The second kappa shape index (κ2) is 6.01. The largest absolute Gasteiger partial charge is 0.478 e. The predicted octanol–water partition coefficient (Wildman–Crippen LogP) is 3.21. The Morgan fingerprint density at radius 2 is 2.14 bits per heavy atom. The highest BCUT2D eigenvalue weighted by atomic mass is 35.5. The molecule has 0 spiro atoms. The first-order valence-corrected chi connectivity index (χ1v) is 6.75. The molecular weight excluding hydrogens is 290 g/mol. The Morgan fingerprint density at radius 1 is 1.43 bits per heavy atom. The highest BCUT2D eigenvalue weighted by molar-refractivity contribution is 6.30. The van der Waals surface area contributed by atoms with E-state index in [1.54, 1.807) is 0 Å². The highest BCUT2D eigenvalue weighted by Crippen LogP contribution is 2.29. The number of anilines is 2. The first kappa shape index (κ1) is 15.1. The molecule has 110 valence electrons. The van der Waals surface area contributed by atoms with Crippen molar-refractivity contribution in [2.45, 2.75) is 13.0 Å². The van der Waals surface area contributed by atoms with Gasteiger partial charge in [-0.2, -0.15) is 0 Å². The van der Waals surface area contributed by atoms with Crippen molar-refractivity contribution in [2.24, 2.45) is 0 Å². The lowest BCUT2D eigenvalue weighted by Crippen LogP contribution is -2.24. The SMILES string of the molecule is CC(c1cccc(Cl)c1)N(C)c1ncc(C(=O)O)cc1N. The number of carboxylic acid groups (broad SMARTS) is 1. The van der Waals surface area contributed by atoms with Crippen LogP contribution in [0.5, 0.6) is 0 Å². The third-order valence-electron chi connectivity index (χ3n) is 3.39. The molecule has 0 saturated heterocycles. The molecule has 6 heteroatoms. The van der Waals surface area contributed by atoms with E-state index in [9.17, 15) is 4.79 Å². The molecule has 1 aromatic carbocycles. The fraction of sp³-hybridized carbons (Fsp3) is 0.200. The van der Waals surface area contributed by atoms with Crippen LogP contribution < -0.4 is 10.6 Å². The lowest BCUT2D eigenvalue weighted by atomic mass is 10.1. The molecule has 1 aromatic heterocycles. The number of carbonyl (C=O) groups is 1. The first-order valence-electron chi connectivity index (χ1n) is 6.37. The summed E-state index contributed by atoms with van der Waals surface area (Å²) in [5, 5.41) is 9.59.